The second kappa shape index (κ2) is 12.5. The summed E-state index contributed by atoms with van der Waals surface area (Å²) in [5.41, 5.74) is 13.5. The van der Waals surface area contributed by atoms with Crippen LogP contribution in [0.2, 0.25) is 0 Å². The van der Waals surface area contributed by atoms with Gasteiger partial charge in [-0.2, -0.15) is 0 Å². The molecule has 0 N–H and O–H groups in total. The van der Waals surface area contributed by atoms with E-state index in [4.69, 9.17) is 0 Å². The lowest BCUT2D eigenvalue weighted by atomic mass is 9.82. The van der Waals surface area contributed by atoms with Crippen LogP contribution in [0, 0.1) is 0 Å². The van der Waals surface area contributed by atoms with Gasteiger partial charge in [-0.05, 0) is 112 Å². The number of fused-ring (bicyclic) bond motifs is 9. The summed E-state index contributed by atoms with van der Waals surface area (Å²) >= 11 is 0. The number of benzene rings is 10. The van der Waals surface area contributed by atoms with Crippen molar-refractivity contribution >= 4 is 60.2 Å². The van der Waals surface area contributed by atoms with E-state index in [0.29, 0.717) is 0 Å². The molecule has 0 unspecified atom stereocenters. The zero-order valence-corrected chi connectivity index (χ0v) is 31.5. The summed E-state index contributed by atoms with van der Waals surface area (Å²) in [4.78, 5) is 2.47. The van der Waals surface area contributed by atoms with E-state index >= 15 is 0 Å². The van der Waals surface area contributed by atoms with Crippen LogP contribution in [0.1, 0.15) is 25.0 Å². The highest BCUT2D eigenvalue weighted by atomic mass is 15.1. The minimum Gasteiger partial charge on any atom is -0.310 e. The lowest BCUT2D eigenvalue weighted by Crippen LogP contribution is -2.16. The first-order valence-corrected chi connectivity index (χ1v) is 19.6. The fourth-order valence-electron chi connectivity index (χ4n) is 9.51. The molecular weight excluding hydrogens is 675 g/mol. The summed E-state index contributed by atoms with van der Waals surface area (Å²) in [5.74, 6) is 0. The van der Waals surface area contributed by atoms with Crippen LogP contribution in [0.15, 0.2) is 200 Å². The average molecular weight is 714 g/mol. The van der Waals surface area contributed by atoms with Gasteiger partial charge in [-0.3, -0.25) is 0 Å². The predicted molar refractivity (Wildman–Crippen MR) is 240 cm³/mol. The van der Waals surface area contributed by atoms with E-state index in [-0.39, 0.29) is 5.41 Å². The Balaban J connectivity index is 1.11. The van der Waals surface area contributed by atoms with E-state index in [1.807, 2.05) is 0 Å². The molecule has 0 fully saturated rings. The van der Waals surface area contributed by atoms with Crippen molar-refractivity contribution in [1.82, 2.24) is 0 Å². The molecule has 1 aliphatic rings. The first-order valence-electron chi connectivity index (χ1n) is 19.6. The third-order valence-electron chi connectivity index (χ3n) is 12.3. The lowest BCUT2D eigenvalue weighted by molar-refractivity contribution is 0.660. The molecule has 0 heterocycles. The Kier molecular flexibility index (Phi) is 7.28. The van der Waals surface area contributed by atoms with Gasteiger partial charge < -0.3 is 4.90 Å². The Morgan fingerprint density at radius 2 is 0.839 bits per heavy atom. The number of para-hydroxylation sites is 1. The van der Waals surface area contributed by atoms with Gasteiger partial charge in [0.2, 0.25) is 0 Å². The van der Waals surface area contributed by atoms with Crippen molar-refractivity contribution in [3.05, 3.63) is 211 Å². The monoisotopic (exact) mass is 713 g/mol. The molecule has 264 valence electrons. The maximum Gasteiger partial charge on any atom is 0.0540 e. The molecule has 56 heavy (non-hydrogen) atoms. The predicted octanol–water partition coefficient (Wildman–Crippen LogP) is 15.4. The zero-order chi connectivity index (χ0) is 37.4. The van der Waals surface area contributed by atoms with Crippen LogP contribution in [0.3, 0.4) is 0 Å². The number of nitrogens with zero attached hydrogens (tertiary/aromatic N) is 1. The van der Waals surface area contributed by atoms with E-state index in [9.17, 15) is 0 Å². The van der Waals surface area contributed by atoms with Gasteiger partial charge in [0.15, 0.2) is 0 Å². The standard InChI is InChI=1S/C55H39N/c1-55(2)52-23-9-7-17-49(52)50-34-31-40(35-53(50)55)56(39-29-25-38(26-30-39)43-19-11-20-44-41-15-5-3-13-36(41)27-32-47(43)44)54-24-10-8-18-51(54)46-22-12-21-45-42-16-6-4-14-37(42)28-33-48(45)46/h3-35H,1-2H3. The highest BCUT2D eigenvalue weighted by molar-refractivity contribution is 6.14. The Morgan fingerprint density at radius 3 is 1.55 bits per heavy atom. The smallest absolute Gasteiger partial charge is 0.0540 e. The van der Waals surface area contributed by atoms with E-state index in [1.54, 1.807) is 0 Å². The van der Waals surface area contributed by atoms with Crippen LogP contribution in [0.5, 0.6) is 0 Å². The van der Waals surface area contributed by atoms with Crippen molar-refractivity contribution in [2.45, 2.75) is 19.3 Å². The molecule has 1 heteroatoms. The van der Waals surface area contributed by atoms with Gasteiger partial charge in [-0.15, -0.1) is 0 Å². The molecule has 0 amide bonds. The molecule has 0 aromatic heterocycles. The van der Waals surface area contributed by atoms with E-state index in [1.165, 1.54) is 87.6 Å². The van der Waals surface area contributed by atoms with Gasteiger partial charge in [-0.25, -0.2) is 0 Å². The number of rotatable bonds is 5. The van der Waals surface area contributed by atoms with Gasteiger partial charge in [0.1, 0.15) is 0 Å². The van der Waals surface area contributed by atoms with Crippen molar-refractivity contribution < 1.29 is 0 Å². The summed E-state index contributed by atoms with van der Waals surface area (Å²) in [6.45, 7) is 4.73. The van der Waals surface area contributed by atoms with E-state index in [2.05, 4.69) is 219 Å². The number of anilines is 3. The minimum atomic E-state index is -0.119. The quantitative estimate of drug-likeness (QED) is 0.161. The maximum absolute atomic E-state index is 2.47. The minimum absolute atomic E-state index is 0.119. The van der Waals surface area contributed by atoms with Gasteiger partial charge >= 0.3 is 0 Å². The first kappa shape index (κ1) is 32.5. The van der Waals surface area contributed by atoms with Crippen LogP contribution < -0.4 is 4.90 Å². The van der Waals surface area contributed by atoms with Gasteiger partial charge in [-0.1, -0.05) is 184 Å². The molecule has 11 rings (SSSR count). The first-order chi connectivity index (χ1) is 27.5. The fraction of sp³-hybridized carbons (Fsp3) is 0.0545. The average Bonchev–Trinajstić information content (AvgIpc) is 3.49. The molecule has 10 aromatic carbocycles. The van der Waals surface area contributed by atoms with E-state index in [0.717, 1.165) is 17.1 Å². The van der Waals surface area contributed by atoms with Crippen molar-refractivity contribution in [3.63, 3.8) is 0 Å². The Hall–Kier alpha value is -6.96. The molecule has 0 aliphatic heterocycles. The molecule has 1 aliphatic carbocycles. The van der Waals surface area contributed by atoms with Crippen molar-refractivity contribution in [2.75, 3.05) is 4.90 Å². The summed E-state index contributed by atoms with van der Waals surface area (Å²) in [6.07, 6.45) is 0. The normalized spacial score (nSPS) is 13.0. The molecule has 0 radical (unpaired) electrons. The molecule has 1 nitrogen and oxygen atoms in total. The largest absolute Gasteiger partial charge is 0.310 e. The second-order valence-corrected chi connectivity index (χ2v) is 15.7. The molecule has 0 bridgehead atoms. The van der Waals surface area contributed by atoms with Crippen LogP contribution in [-0.2, 0) is 5.41 Å². The second-order valence-electron chi connectivity index (χ2n) is 15.7. The number of hydrogen-bond acceptors (Lipinski definition) is 1. The van der Waals surface area contributed by atoms with Crippen LogP contribution in [0.4, 0.5) is 17.1 Å². The highest BCUT2D eigenvalue weighted by Gasteiger charge is 2.36. The Bertz CT molecular complexity index is 3170. The number of hydrogen-bond donors (Lipinski definition) is 0. The SMILES string of the molecule is CC1(C)c2ccccc2-c2ccc(N(c3ccc(-c4cccc5c4ccc4ccccc45)cc3)c3ccccc3-c3cccc4c3ccc3ccccc34)cc21. The Labute approximate surface area is 327 Å². The summed E-state index contributed by atoms with van der Waals surface area (Å²) in [5, 5.41) is 10.2. The van der Waals surface area contributed by atoms with Crippen molar-refractivity contribution in [1.29, 1.82) is 0 Å². The fourth-order valence-corrected chi connectivity index (χ4v) is 9.51. The third kappa shape index (κ3) is 4.94. The van der Waals surface area contributed by atoms with Crippen molar-refractivity contribution in [2.24, 2.45) is 0 Å². The lowest BCUT2D eigenvalue weighted by Gasteiger charge is -2.30. The molecule has 0 spiro atoms. The zero-order valence-electron chi connectivity index (χ0n) is 31.5. The van der Waals surface area contributed by atoms with Gasteiger partial charge in [0.25, 0.3) is 0 Å². The Morgan fingerprint density at radius 1 is 0.321 bits per heavy atom. The topological polar surface area (TPSA) is 3.24 Å². The van der Waals surface area contributed by atoms with Crippen LogP contribution in [-0.4, -0.2) is 0 Å². The maximum atomic E-state index is 2.47. The molecular formula is C55H39N. The molecule has 0 atom stereocenters. The third-order valence-corrected chi connectivity index (χ3v) is 12.3. The highest BCUT2D eigenvalue weighted by Crippen LogP contribution is 2.51. The van der Waals surface area contributed by atoms with Crippen molar-refractivity contribution in [3.8, 4) is 33.4 Å². The molecule has 10 aromatic rings. The molecule has 0 saturated carbocycles. The van der Waals surface area contributed by atoms with E-state index < -0.39 is 0 Å². The van der Waals surface area contributed by atoms with Gasteiger partial charge in [0, 0.05) is 22.4 Å². The van der Waals surface area contributed by atoms with Crippen LogP contribution in [0.25, 0.3) is 76.5 Å². The summed E-state index contributed by atoms with van der Waals surface area (Å²) in [7, 11) is 0. The molecule has 0 saturated heterocycles. The summed E-state index contributed by atoms with van der Waals surface area (Å²) < 4.78 is 0. The summed E-state index contributed by atoms with van der Waals surface area (Å²) in [6, 6.07) is 74.0. The van der Waals surface area contributed by atoms with Gasteiger partial charge in [0.05, 0.1) is 5.69 Å². The van der Waals surface area contributed by atoms with Crippen LogP contribution >= 0.6 is 0 Å².